The number of amides is 1. The standard InChI is InChI=1S/C25H19N5O3/c1-15-5-4-10-30-13-21(26-24(15)30)17-6-2-3-7-18(17)27-25(31)20-12-19(28-29-20)16-8-9-22-23(11-16)33-14-32-22/h2-13H,14H2,1H3,(H,27,31)(H,28,29). The lowest BCUT2D eigenvalue weighted by Gasteiger charge is -2.08. The molecule has 0 fully saturated rings. The van der Waals surface area contributed by atoms with Crippen LogP contribution < -0.4 is 14.8 Å². The largest absolute Gasteiger partial charge is 0.454 e. The van der Waals surface area contributed by atoms with Gasteiger partial charge < -0.3 is 19.2 Å². The highest BCUT2D eigenvalue weighted by Crippen LogP contribution is 2.35. The van der Waals surface area contributed by atoms with Crippen LogP contribution in [0.1, 0.15) is 16.1 Å². The number of rotatable bonds is 4. The van der Waals surface area contributed by atoms with Crippen LogP contribution >= 0.6 is 0 Å². The zero-order chi connectivity index (χ0) is 22.4. The number of carbonyl (C=O) groups is 1. The number of H-pyrrole nitrogens is 1. The van der Waals surface area contributed by atoms with E-state index in [0.29, 0.717) is 28.6 Å². The molecule has 0 unspecified atom stereocenters. The molecule has 0 spiro atoms. The van der Waals surface area contributed by atoms with Crippen molar-refractivity contribution in [1.82, 2.24) is 19.6 Å². The minimum atomic E-state index is -0.290. The van der Waals surface area contributed by atoms with Crippen LogP contribution in [0.2, 0.25) is 0 Å². The Morgan fingerprint density at radius 2 is 1.91 bits per heavy atom. The summed E-state index contributed by atoms with van der Waals surface area (Å²) >= 11 is 0. The molecule has 4 heterocycles. The number of carbonyl (C=O) groups excluding carboxylic acids is 1. The summed E-state index contributed by atoms with van der Waals surface area (Å²) in [4.78, 5) is 17.8. The third kappa shape index (κ3) is 3.38. The van der Waals surface area contributed by atoms with Crippen molar-refractivity contribution in [2.45, 2.75) is 6.92 Å². The predicted molar refractivity (Wildman–Crippen MR) is 123 cm³/mol. The molecule has 0 saturated carbocycles. The third-order valence-electron chi connectivity index (χ3n) is 5.62. The van der Waals surface area contributed by atoms with Crippen LogP contribution in [0, 0.1) is 6.92 Å². The molecule has 0 radical (unpaired) electrons. The van der Waals surface area contributed by atoms with E-state index in [1.165, 1.54) is 0 Å². The molecule has 1 amide bonds. The zero-order valence-electron chi connectivity index (χ0n) is 17.7. The first-order valence-corrected chi connectivity index (χ1v) is 10.5. The number of ether oxygens (including phenoxy) is 2. The average Bonchev–Trinajstić information content (AvgIpc) is 3.58. The van der Waals surface area contributed by atoms with Crippen molar-refractivity contribution < 1.29 is 14.3 Å². The lowest BCUT2D eigenvalue weighted by Crippen LogP contribution is -2.13. The maximum absolute atomic E-state index is 13.0. The van der Waals surface area contributed by atoms with Gasteiger partial charge in [-0.25, -0.2) is 4.98 Å². The van der Waals surface area contributed by atoms with Crippen molar-refractivity contribution >= 4 is 17.2 Å². The number of imidazole rings is 1. The van der Waals surface area contributed by atoms with E-state index in [9.17, 15) is 4.79 Å². The molecule has 6 rings (SSSR count). The number of hydrogen-bond acceptors (Lipinski definition) is 5. The van der Waals surface area contributed by atoms with Gasteiger partial charge in [-0.2, -0.15) is 5.10 Å². The van der Waals surface area contributed by atoms with Crippen molar-refractivity contribution in [3.05, 3.63) is 84.3 Å². The Bertz CT molecular complexity index is 1520. The highest BCUT2D eigenvalue weighted by atomic mass is 16.7. The van der Waals surface area contributed by atoms with Gasteiger partial charge in [0, 0.05) is 23.5 Å². The van der Waals surface area contributed by atoms with Gasteiger partial charge in [0.05, 0.1) is 17.1 Å². The number of benzene rings is 2. The summed E-state index contributed by atoms with van der Waals surface area (Å²) in [6.07, 6.45) is 3.92. The maximum Gasteiger partial charge on any atom is 0.273 e. The number of nitrogens with one attached hydrogen (secondary N) is 2. The van der Waals surface area contributed by atoms with Crippen LogP contribution in [0.5, 0.6) is 11.5 Å². The van der Waals surface area contributed by atoms with Crippen LogP contribution in [0.4, 0.5) is 5.69 Å². The molecule has 8 nitrogen and oxygen atoms in total. The average molecular weight is 437 g/mol. The van der Waals surface area contributed by atoms with E-state index in [1.807, 2.05) is 78.3 Å². The highest BCUT2D eigenvalue weighted by Gasteiger charge is 2.18. The van der Waals surface area contributed by atoms with Crippen molar-refractivity contribution in [2.24, 2.45) is 0 Å². The van der Waals surface area contributed by atoms with Crippen LogP contribution in [0.25, 0.3) is 28.2 Å². The number of aromatic nitrogens is 4. The van der Waals surface area contributed by atoms with Crippen LogP contribution in [0.15, 0.2) is 73.1 Å². The summed E-state index contributed by atoms with van der Waals surface area (Å²) in [6, 6.07) is 18.9. The maximum atomic E-state index is 13.0. The Labute approximate surface area is 188 Å². The lowest BCUT2D eigenvalue weighted by atomic mass is 10.1. The first-order chi connectivity index (χ1) is 16.2. The Morgan fingerprint density at radius 1 is 1.03 bits per heavy atom. The fraction of sp³-hybridized carbons (Fsp3) is 0.0800. The topological polar surface area (TPSA) is 93.5 Å². The fourth-order valence-electron chi connectivity index (χ4n) is 3.93. The van der Waals surface area contributed by atoms with Crippen molar-refractivity contribution in [2.75, 3.05) is 12.1 Å². The van der Waals surface area contributed by atoms with E-state index >= 15 is 0 Å². The normalized spacial score (nSPS) is 12.3. The summed E-state index contributed by atoms with van der Waals surface area (Å²) in [5.74, 6) is 1.08. The molecule has 8 heteroatoms. The third-order valence-corrected chi connectivity index (χ3v) is 5.62. The van der Waals surface area contributed by atoms with Gasteiger partial charge in [0.15, 0.2) is 11.5 Å². The monoisotopic (exact) mass is 437 g/mol. The second-order valence-electron chi connectivity index (χ2n) is 7.78. The number of nitrogens with zero attached hydrogens (tertiary/aromatic N) is 3. The van der Waals surface area contributed by atoms with Gasteiger partial charge >= 0.3 is 0 Å². The van der Waals surface area contributed by atoms with Gasteiger partial charge in [-0.1, -0.05) is 24.3 Å². The van der Waals surface area contributed by atoms with Crippen molar-refractivity contribution in [3.63, 3.8) is 0 Å². The molecule has 2 aromatic carbocycles. The number of fused-ring (bicyclic) bond motifs is 2. The summed E-state index contributed by atoms with van der Waals surface area (Å²) in [5.41, 5.74) is 6.08. The van der Waals surface area contributed by atoms with Crippen LogP contribution in [-0.4, -0.2) is 32.3 Å². The number of pyridine rings is 1. The summed E-state index contributed by atoms with van der Waals surface area (Å²) < 4.78 is 12.8. The van der Waals surface area contributed by atoms with Crippen molar-refractivity contribution in [1.29, 1.82) is 0 Å². The summed E-state index contributed by atoms with van der Waals surface area (Å²) in [6.45, 7) is 2.23. The van der Waals surface area contributed by atoms with E-state index in [1.54, 1.807) is 6.07 Å². The molecule has 0 bridgehead atoms. The smallest absolute Gasteiger partial charge is 0.273 e. The molecule has 3 aromatic heterocycles. The summed E-state index contributed by atoms with van der Waals surface area (Å²) in [5, 5.41) is 10.1. The molecule has 0 saturated heterocycles. The zero-order valence-corrected chi connectivity index (χ0v) is 17.7. The molecule has 5 aromatic rings. The quantitative estimate of drug-likeness (QED) is 0.426. The number of para-hydroxylation sites is 1. The number of hydrogen-bond donors (Lipinski definition) is 2. The minimum Gasteiger partial charge on any atom is -0.454 e. The van der Waals surface area contributed by atoms with Gasteiger partial charge in [-0.15, -0.1) is 0 Å². The SMILES string of the molecule is Cc1cccn2cc(-c3ccccc3NC(=O)c3cc(-c4ccc5c(c4)OCO5)n[nH]3)nc12. The second-order valence-corrected chi connectivity index (χ2v) is 7.78. The Morgan fingerprint density at radius 3 is 2.82 bits per heavy atom. The summed E-state index contributed by atoms with van der Waals surface area (Å²) in [7, 11) is 0. The van der Waals surface area contributed by atoms with Gasteiger partial charge in [0.1, 0.15) is 11.3 Å². The van der Waals surface area contributed by atoms with Gasteiger partial charge in [0.2, 0.25) is 6.79 Å². The fourth-order valence-corrected chi connectivity index (χ4v) is 3.93. The minimum absolute atomic E-state index is 0.207. The Hall–Kier alpha value is -4.59. The molecule has 1 aliphatic heterocycles. The van der Waals surface area contributed by atoms with Crippen molar-refractivity contribution in [3.8, 4) is 34.0 Å². The molecular weight excluding hydrogens is 418 g/mol. The molecule has 162 valence electrons. The lowest BCUT2D eigenvalue weighted by molar-refractivity contribution is 0.102. The van der Waals surface area contributed by atoms with E-state index in [4.69, 9.17) is 14.5 Å². The first kappa shape index (κ1) is 19.1. The Kier molecular flexibility index (Phi) is 4.36. The first-order valence-electron chi connectivity index (χ1n) is 10.5. The second kappa shape index (κ2) is 7.52. The van der Waals surface area contributed by atoms with E-state index < -0.39 is 0 Å². The predicted octanol–water partition coefficient (Wildman–Crippen LogP) is 4.68. The molecule has 2 N–H and O–H groups in total. The number of aromatic amines is 1. The van der Waals surface area contributed by atoms with E-state index in [2.05, 4.69) is 15.5 Å². The number of aryl methyl sites for hydroxylation is 1. The van der Waals surface area contributed by atoms with E-state index in [-0.39, 0.29) is 12.7 Å². The van der Waals surface area contributed by atoms with Crippen LogP contribution in [-0.2, 0) is 0 Å². The molecule has 0 aliphatic carbocycles. The van der Waals surface area contributed by atoms with E-state index in [0.717, 1.165) is 28.0 Å². The number of anilines is 1. The van der Waals surface area contributed by atoms with Crippen LogP contribution in [0.3, 0.4) is 0 Å². The van der Waals surface area contributed by atoms with Gasteiger partial charge in [-0.05, 0) is 48.9 Å². The highest BCUT2D eigenvalue weighted by molar-refractivity contribution is 6.05. The van der Waals surface area contributed by atoms with Gasteiger partial charge in [0.25, 0.3) is 5.91 Å². The molecule has 33 heavy (non-hydrogen) atoms. The Balaban J connectivity index is 1.28. The molecular formula is C25H19N5O3. The molecule has 0 atom stereocenters. The van der Waals surface area contributed by atoms with Gasteiger partial charge in [-0.3, -0.25) is 9.89 Å². The molecule has 1 aliphatic rings.